The molecule has 1 fully saturated rings. The summed E-state index contributed by atoms with van der Waals surface area (Å²) in [5, 5.41) is 1.90. The predicted octanol–water partition coefficient (Wildman–Crippen LogP) is 1.75. The Bertz CT molecular complexity index is 684. The third-order valence-corrected chi connectivity index (χ3v) is 3.92. The lowest BCUT2D eigenvalue weighted by Crippen LogP contribution is -2.27. The maximum Gasteiger partial charge on any atom is 0.346 e. The van der Waals surface area contributed by atoms with Crippen LogP contribution in [0.25, 0.3) is 5.82 Å². The van der Waals surface area contributed by atoms with Gasteiger partial charge in [0.05, 0.1) is 0 Å². The molecule has 0 spiro atoms. The number of carbonyl (C=O) groups is 1. The first kappa shape index (κ1) is 13.0. The van der Waals surface area contributed by atoms with Gasteiger partial charge in [-0.3, -0.25) is 4.57 Å². The number of hydrogen-bond acceptors (Lipinski definition) is 4. The summed E-state index contributed by atoms with van der Waals surface area (Å²) in [5.74, 6) is 1.42. The summed E-state index contributed by atoms with van der Waals surface area (Å²) < 4.78 is 1.81. The maximum atomic E-state index is 12.1. The highest BCUT2D eigenvalue weighted by Gasteiger charge is 2.17. The van der Waals surface area contributed by atoms with Crippen molar-refractivity contribution in [2.75, 3.05) is 13.1 Å². The average Bonchev–Trinajstić information content (AvgIpc) is 3.09. The Morgan fingerprint density at radius 1 is 1.40 bits per heavy atom. The normalized spacial score (nSPS) is 15.8. The number of thiazole rings is 1. The van der Waals surface area contributed by atoms with Gasteiger partial charge in [0, 0.05) is 30.9 Å². The van der Waals surface area contributed by atoms with E-state index in [0.29, 0.717) is 10.6 Å². The molecule has 1 aliphatic rings. The zero-order valence-corrected chi connectivity index (χ0v) is 12.0. The summed E-state index contributed by atoms with van der Waals surface area (Å²) in [4.78, 5) is 27.2. The van der Waals surface area contributed by atoms with Crippen LogP contribution in [0.2, 0.25) is 0 Å². The first-order valence-electron chi connectivity index (χ1n) is 6.54. The summed E-state index contributed by atoms with van der Waals surface area (Å²) in [6.45, 7) is 3.45. The molecule has 0 aliphatic carbocycles. The molecule has 3 rings (SSSR count). The van der Waals surface area contributed by atoms with Crippen molar-refractivity contribution in [1.29, 1.82) is 0 Å². The molecule has 6 nitrogen and oxygen atoms in total. The Morgan fingerprint density at radius 3 is 2.95 bits per heavy atom. The summed E-state index contributed by atoms with van der Waals surface area (Å²) in [7, 11) is 0. The third-order valence-electron chi connectivity index (χ3n) is 3.17. The number of carbonyl (C=O) groups excluding carboxylic acids is 1. The molecule has 20 heavy (non-hydrogen) atoms. The van der Waals surface area contributed by atoms with Crippen molar-refractivity contribution in [2.24, 2.45) is 4.99 Å². The van der Waals surface area contributed by atoms with Crippen molar-refractivity contribution < 1.29 is 4.79 Å². The highest BCUT2D eigenvalue weighted by atomic mass is 32.1. The number of amides is 2. The van der Waals surface area contributed by atoms with Crippen LogP contribution in [-0.4, -0.2) is 38.6 Å². The fraction of sp³-hybridized carbons (Fsp3) is 0.385. The van der Waals surface area contributed by atoms with Crippen LogP contribution in [0.15, 0.2) is 28.8 Å². The molecule has 2 aromatic rings. The van der Waals surface area contributed by atoms with E-state index in [-0.39, 0.29) is 6.03 Å². The van der Waals surface area contributed by atoms with Crippen LogP contribution in [0, 0.1) is 6.92 Å². The van der Waals surface area contributed by atoms with Gasteiger partial charge in [-0.15, -0.1) is 11.3 Å². The summed E-state index contributed by atoms with van der Waals surface area (Å²) in [6, 6.07) is 1.64. The second kappa shape index (κ2) is 5.54. The molecule has 0 radical (unpaired) electrons. The molecule has 7 heteroatoms. The Hall–Kier alpha value is -2.02. The zero-order chi connectivity index (χ0) is 13.9. The van der Waals surface area contributed by atoms with Crippen LogP contribution in [0.1, 0.15) is 18.7 Å². The van der Waals surface area contributed by atoms with E-state index in [0.717, 1.165) is 31.7 Å². The highest BCUT2D eigenvalue weighted by molar-refractivity contribution is 7.07. The standard InChI is InChI=1S/C13H15N5OS/c1-10-14-5-4-11(15-10)18-8-9-20-13(18)16-12(19)17-6-2-3-7-17/h4-5,8-9H,2-3,6-7H2,1H3. The quantitative estimate of drug-likeness (QED) is 0.803. The van der Waals surface area contributed by atoms with Crippen LogP contribution in [-0.2, 0) is 0 Å². The van der Waals surface area contributed by atoms with Gasteiger partial charge in [-0.25, -0.2) is 14.8 Å². The van der Waals surface area contributed by atoms with E-state index in [2.05, 4.69) is 15.0 Å². The fourth-order valence-corrected chi connectivity index (χ4v) is 2.87. The molecule has 1 aliphatic heterocycles. The molecule has 1 saturated heterocycles. The number of aromatic nitrogens is 3. The molecule has 0 unspecified atom stereocenters. The molecule has 3 heterocycles. The summed E-state index contributed by atoms with van der Waals surface area (Å²) in [6.07, 6.45) is 5.70. The lowest BCUT2D eigenvalue weighted by atomic mass is 10.4. The first-order chi connectivity index (χ1) is 9.74. The number of hydrogen-bond donors (Lipinski definition) is 0. The largest absolute Gasteiger partial charge is 0.346 e. The molecule has 0 aromatic carbocycles. The number of rotatable bonds is 1. The number of likely N-dealkylation sites (tertiary alicyclic amines) is 1. The maximum absolute atomic E-state index is 12.1. The highest BCUT2D eigenvalue weighted by Crippen LogP contribution is 2.09. The van der Waals surface area contributed by atoms with Gasteiger partial charge in [0.15, 0.2) is 4.80 Å². The monoisotopic (exact) mass is 289 g/mol. The molecule has 0 atom stereocenters. The lowest BCUT2D eigenvalue weighted by Gasteiger charge is -2.10. The third kappa shape index (κ3) is 2.62. The molecule has 0 saturated carbocycles. The van der Waals surface area contributed by atoms with Crippen molar-refractivity contribution in [3.63, 3.8) is 0 Å². The number of nitrogens with zero attached hydrogens (tertiary/aromatic N) is 5. The van der Waals surface area contributed by atoms with Gasteiger partial charge in [-0.05, 0) is 25.8 Å². The zero-order valence-electron chi connectivity index (χ0n) is 11.2. The molecular weight excluding hydrogens is 274 g/mol. The van der Waals surface area contributed by atoms with E-state index in [9.17, 15) is 4.79 Å². The molecule has 2 amide bonds. The Labute approximate surface area is 120 Å². The Morgan fingerprint density at radius 2 is 2.20 bits per heavy atom. The summed E-state index contributed by atoms with van der Waals surface area (Å²) in [5.41, 5.74) is 0. The van der Waals surface area contributed by atoms with Gasteiger partial charge in [0.25, 0.3) is 0 Å². The number of aryl methyl sites for hydroxylation is 1. The van der Waals surface area contributed by atoms with E-state index in [4.69, 9.17) is 0 Å². The number of urea groups is 1. The predicted molar refractivity (Wildman–Crippen MR) is 75.7 cm³/mol. The van der Waals surface area contributed by atoms with Gasteiger partial charge in [-0.1, -0.05) is 0 Å². The van der Waals surface area contributed by atoms with Crippen molar-refractivity contribution in [2.45, 2.75) is 19.8 Å². The minimum absolute atomic E-state index is 0.163. The van der Waals surface area contributed by atoms with E-state index >= 15 is 0 Å². The van der Waals surface area contributed by atoms with E-state index < -0.39 is 0 Å². The fourth-order valence-electron chi connectivity index (χ4n) is 2.17. The van der Waals surface area contributed by atoms with Gasteiger partial charge in [-0.2, -0.15) is 4.99 Å². The second-order valence-corrected chi connectivity index (χ2v) is 5.48. The molecule has 2 aromatic heterocycles. The van der Waals surface area contributed by atoms with E-state index in [1.54, 1.807) is 17.2 Å². The second-order valence-electron chi connectivity index (χ2n) is 4.61. The smallest absolute Gasteiger partial charge is 0.323 e. The van der Waals surface area contributed by atoms with Crippen molar-refractivity contribution in [1.82, 2.24) is 19.4 Å². The summed E-state index contributed by atoms with van der Waals surface area (Å²) >= 11 is 1.43. The SMILES string of the molecule is Cc1nccc(-n2ccsc2=NC(=O)N2CCCC2)n1. The van der Waals surface area contributed by atoms with Crippen molar-refractivity contribution in [3.05, 3.63) is 34.5 Å². The molecule has 0 N–H and O–H groups in total. The van der Waals surface area contributed by atoms with Crippen molar-refractivity contribution in [3.8, 4) is 5.82 Å². The minimum Gasteiger partial charge on any atom is -0.323 e. The van der Waals surface area contributed by atoms with E-state index in [1.807, 2.05) is 23.1 Å². The van der Waals surface area contributed by atoms with Crippen LogP contribution in [0.4, 0.5) is 4.79 Å². The van der Waals surface area contributed by atoms with Gasteiger partial charge >= 0.3 is 6.03 Å². The van der Waals surface area contributed by atoms with Crippen LogP contribution >= 0.6 is 11.3 Å². The van der Waals surface area contributed by atoms with E-state index in [1.165, 1.54) is 11.3 Å². The minimum atomic E-state index is -0.163. The van der Waals surface area contributed by atoms with Gasteiger partial charge in [0.1, 0.15) is 11.6 Å². The first-order valence-corrected chi connectivity index (χ1v) is 7.42. The average molecular weight is 289 g/mol. The molecular formula is C13H15N5OS. The molecule has 104 valence electrons. The van der Waals surface area contributed by atoms with Crippen LogP contribution < -0.4 is 4.80 Å². The van der Waals surface area contributed by atoms with Gasteiger partial charge < -0.3 is 4.90 Å². The Kier molecular flexibility index (Phi) is 3.60. The lowest BCUT2D eigenvalue weighted by molar-refractivity contribution is 0.218. The van der Waals surface area contributed by atoms with Gasteiger partial charge in [0.2, 0.25) is 0 Å². The Balaban J connectivity index is 1.95. The topological polar surface area (TPSA) is 63.4 Å². The van der Waals surface area contributed by atoms with Crippen molar-refractivity contribution >= 4 is 17.4 Å². The molecule has 0 bridgehead atoms. The van der Waals surface area contributed by atoms with Crippen LogP contribution in [0.3, 0.4) is 0 Å². The van der Waals surface area contributed by atoms with Crippen LogP contribution in [0.5, 0.6) is 0 Å².